The van der Waals surface area contributed by atoms with Gasteiger partial charge in [0.1, 0.15) is 24.4 Å². The Labute approximate surface area is 259 Å². The van der Waals surface area contributed by atoms with Crippen molar-refractivity contribution in [1.29, 1.82) is 0 Å². The van der Waals surface area contributed by atoms with E-state index in [1.165, 1.54) is 51.4 Å². The van der Waals surface area contributed by atoms with Gasteiger partial charge in [-0.05, 0) is 52.0 Å². The van der Waals surface area contributed by atoms with E-state index in [2.05, 4.69) is 12.2 Å². The summed E-state index contributed by atoms with van der Waals surface area (Å²) in [5.41, 5.74) is 5.55. The van der Waals surface area contributed by atoms with E-state index in [9.17, 15) is 19.2 Å². The molecule has 9 heteroatoms. The van der Waals surface area contributed by atoms with Crippen LogP contribution in [0.4, 0.5) is 4.79 Å². The van der Waals surface area contributed by atoms with Crippen LogP contribution in [0.15, 0.2) is 30.3 Å². The van der Waals surface area contributed by atoms with Gasteiger partial charge in [-0.3, -0.25) is 9.59 Å². The van der Waals surface area contributed by atoms with Gasteiger partial charge in [-0.15, -0.1) is 0 Å². The average Bonchev–Trinajstić information content (AvgIpc) is 2.93. The van der Waals surface area contributed by atoms with Gasteiger partial charge in [0, 0.05) is 6.42 Å². The molecule has 0 bridgehead atoms. The van der Waals surface area contributed by atoms with Gasteiger partial charge in [0.15, 0.2) is 0 Å². The molecule has 43 heavy (non-hydrogen) atoms. The molecular weight excluding hydrogens is 548 g/mol. The summed E-state index contributed by atoms with van der Waals surface area (Å²) >= 11 is 0. The minimum Gasteiger partial charge on any atom is -0.461 e. The summed E-state index contributed by atoms with van der Waals surface area (Å²) < 4.78 is 16.3. The Morgan fingerprint density at radius 2 is 1.40 bits per heavy atom. The maximum absolute atomic E-state index is 13.2. The summed E-state index contributed by atoms with van der Waals surface area (Å²) in [6.45, 7) is 7.55. The van der Waals surface area contributed by atoms with Crippen LogP contribution in [-0.4, -0.2) is 41.7 Å². The molecule has 2 amide bonds. The number of amides is 2. The summed E-state index contributed by atoms with van der Waals surface area (Å²) in [6, 6.07) is 8.29. The summed E-state index contributed by atoms with van der Waals surface area (Å²) in [5, 5.41) is 2.57. The van der Waals surface area contributed by atoms with Gasteiger partial charge >= 0.3 is 18.0 Å². The first-order chi connectivity index (χ1) is 20.5. The summed E-state index contributed by atoms with van der Waals surface area (Å²) in [6.07, 6.45) is 12.5. The largest absolute Gasteiger partial charge is 0.461 e. The number of carbonyl (C=O) groups is 4. The highest BCUT2D eigenvalue weighted by Crippen LogP contribution is 2.17. The first kappa shape index (κ1) is 37.9. The standard InChI is InChI=1S/C34H56N2O7/c1-5-6-7-8-9-10-11-12-13-14-18-22-28(25-30(35)37)42-32(39)29(36-33(40)43-34(2,3)4)23-19-24-31(38)41-26-27-20-16-15-17-21-27/h15-17,20-21,28-29H,5-14,18-19,22-26H2,1-4H3,(H2,35,37)(H,36,40)/t28-,29+/m1/s1. The van der Waals surface area contributed by atoms with Gasteiger partial charge in [-0.2, -0.15) is 0 Å². The van der Waals surface area contributed by atoms with E-state index in [0.717, 1.165) is 24.8 Å². The number of primary amides is 1. The molecular formula is C34H56N2O7. The van der Waals surface area contributed by atoms with Crippen LogP contribution in [0.1, 0.15) is 136 Å². The first-order valence-electron chi connectivity index (χ1n) is 16.2. The highest BCUT2D eigenvalue weighted by Gasteiger charge is 2.28. The predicted octanol–water partition coefficient (Wildman–Crippen LogP) is 7.28. The average molecular weight is 605 g/mol. The normalized spacial score (nSPS) is 12.7. The Kier molecular flexibility index (Phi) is 19.8. The zero-order valence-corrected chi connectivity index (χ0v) is 27.0. The molecule has 2 atom stereocenters. The van der Waals surface area contributed by atoms with Crippen LogP contribution >= 0.6 is 0 Å². The van der Waals surface area contributed by atoms with Crippen LogP contribution < -0.4 is 11.1 Å². The van der Waals surface area contributed by atoms with Crippen LogP contribution in [0, 0.1) is 0 Å². The lowest BCUT2D eigenvalue weighted by atomic mass is 10.0. The maximum atomic E-state index is 13.2. The van der Waals surface area contributed by atoms with E-state index < -0.39 is 41.7 Å². The highest BCUT2D eigenvalue weighted by molar-refractivity contribution is 5.82. The number of nitrogens with one attached hydrogen (secondary N) is 1. The van der Waals surface area contributed by atoms with Crippen molar-refractivity contribution in [2.75, 3.05) is 0 Å². The Hall–Kier alpha value is -3.10. The number of hydrogen-bond donors (Lipinski definition) is 2. The molecule has 0 heterocycles. The molecule has 0 unspecified atom stereocenters. The molecule has 0 spiro atoms. The van der Waals surface area contributed by atoms with E-state index in [-0.39, 0.29) is 32.3 Å². The van der Waals surface area contributed by atoms with E-state index in [1.54, 1.807) is 20.8 Å². The summed E-state index contributed by atoms with van der Waals surface area (Å²) in [7, 11) is 0. The molecule has 1 aromatic rings. The molecule has 1 aromatic carbocycles. The SMILES string of the molecule is CCCCCCCCCCCCC[C@H](CC(N)=O)OC(=O)[C@H](CCCC(=O)OCc1ccccc1)NC(=O)OC(C)(C)C. The zero-order chi connectivity index (χ0) is 31.9. The van der Waals surface area contributed by atoms with E-state index in [4.69, 9.17) is 19.9 Å². The van der Waals surface area contributed by atoms with E-state index in [0.29, 0.717) is 6.42 Å². The fourth-order valence-electron chi connectivity index (χ4n) is 4.67. The van der Waals surface area contributed by atoms with Gasteiger partial charge in [0.25, 0.3) is 0 Å². The second kappa shape index (κ2) is 22.4. The van der Waals surface area contributed by atoms with Crippen LogP contribution in [0.2, 0.25) is 0 Å². The maximum Gasteiger partial charge on any atom is 0.408 e. The van der Waals surface area contributed by atoms with Crippen molar-refractivity contribution in [3.05, 3.63) is 35.9 Å². The van der Waals surface area contributed by atoms with Gasteiger partial charge in [0.2, 0.25) is 5.91 Å². The van der Waals surface area contributed by atoms with Crippen molar-refractivity contribution >= 4 is 23.9 Å². The van der Waals surface area contributed by atoms with Gasteiger partial charge in [0.05, 0.1) is 6.42 Å². The molecule has 244 valence electrons. The molecule has 0 aliphatic carbocycles. The number of alkyl carbamates (subject to hydrolysis) is 1. The molecule has 9 nitrogen and oxygen atoms in total. The van der Waals surface area contributed by atoms with Crippen LogP contribution in [0.25, 0.3) is 0 Å². The molecule has 0 saturated carbocycles. The van der Waals surface area contributed by atoms with E-state index in [1.807, 2.05) is 30.3 Å². The van der Waals surface area contributed by atoms with Crippen molar-refractivity contribution < 1.29 is 33.4 Å². The number of carbonyl (C=O) groups excluding carboxylic acids is 4. The minimum absolute atomic E-state index is 0.0655. The molecule has 0 aliphatic rings. The minimum atomic E-state index is -1.05. The highest BCUT2D eigenvalue weighted by atomic mass is 16.6. The number of benzene rings is 1. The lowest BCUT2D eigenvalue weighted by Crippen LogP contribution is -2.45. The Balaban J connectivity index is 2.58. The number of nitrogens with two attached hydrogens (primary N) is 1. The van der Waals surface area contributed by atoms with Crippen LogP contribution in [0.3, 0.4) is 0 Å². The third-order valence-corrected chi connectivity index (χ3v) is 6.93. The number of hydrogen-bond acceptors (Lipinski definition) is 7. The molecule has 0 radical (unpaired) electrons. The Morgan fingerprint density at radius 1 is 0.814 bits per heavy atom. The molecule has 0 aliphatic heterocycles. The Morgan fingerprint density at radius 3 is 1.95 bits per heavy atom. The second-order valence-electron chi connectivity index (χ2n) is 12.3. The second-order valence-corrected chi connectivity index (χ2v) is 12.3. The smallest absolute Gasteiger partial charge is 0.408 e. The van der Waals surface area contributed by atoms with Crippen molar-refractivity contribution in [2.24, 2.45) is 5.73 Å². The summed E-state index contributed by atoms with van der Waals surface area (Å²) in [4.78, 5) is 49.6. The van der Waals surface area contributed by atoms with Crippen LogP contribution in [0.5, 0.6) is 0 Å². The molecule has 3 N–H and O–H groups in total. The lowest BCUT2D eigenvalue weighted by Gasteiger charge is -2.24. The topological polar surface area (TPSA) is 134 Å². The van der Waals surface area contributed by atoms with Gasteiger partial charge in [-0.25, -0.2) is 9.59 Å². The third-order valence-electron chi connectivity index (χ3n) is 6.93. The fraction of sp³-hybridized carbons (Fsp3) is 0.706. The molecule has 0 saturated heterocycles. The number of unbranched alkanes of at least 4 members (excludes halogenated alkanes) is 10. The predicted molar refractivity (Wildman–Crippen MR) is 168 cm³/mol. The zero-order valence-electron chi connectivity index (χ0n) is 27.0. The van der Waals surface area contributed by atoms with E-state index >= 15 is 0 Å². The quantitative estimate of drug-likeness (QED) is 0.0761. The Bertz CT molecular complexity index is 930. The fourth-order valence-corrected chi connectivity index (χ4v) is 4.67. The number of ether oxygens (including phenoxy) is 3. The number of rotatable bonds is 23. The van der Waals surface area contributed by atoms with Gasteiger partial charge < -0.3 is 25.3 Å². The lowest BCUT2D eigenvalue weighted by molar-refractivity contribution is -0.154. The number of esters is 2. The first-order valence-corrected chi connectivity index (χ1v) is 16.2. The molecule has 0 aromatic heterocycles. The van der Waals surface area contributed by atoms with Crippen molar-refractivity contribution in [1.82, 2.24) is 5.32 Å². The molecule has 0 fully saturated rings. The molecule has 1 rings (SSSR count). The van der Waals surface area contributed by atoms with Gasteiger partial charge in [-0.1, -0.05) is 101 Å². The van der Waals surface area contributed by atoms with Crippen molar-refractivity contribution in [3.63, 3.8) is 0 Å². The summed E-state index contributed by atoms with van der Waals surface area (Å²) in [5.74, 6) is -1.65. The third kappa shape index (κ3) is 21.3. The van der Waals surface area contributed by atoms with Crippen LogP contribution in [-0.2, 0) is 35.2 Å². The monoisotopic (exact) mass is 604 g/mol. The van der Waals surface area contributed by atoms with Crippen molar-refractivity contribution in [2.45, 2.75) is 155 Å². The van der Waals surface area contributed by atoms with Crippen molar-refractivity contribution in [3.8, 4) is 0 Å².